The molecule has 1 fully saturated rings. The molecule has 0 saturated heterocycles. The van der Waals surface area contributed by atoms with Crippen molar-refractivity contribution in [3.8, 4) is 5.75 Å². The Labute approximate surface area is 108 Å². The SMILES string of the molecule is CCOc1ccc(C(O)C2(O)CCCCC2)cc1. The molecule has 1 aliphatic carbocycles. The van der Waals surface area contributed by atoms with E-state index in [1.807, 2.05) is 31.2 Å². The normalized spacial score (nSPS) is 20.4. The number of hydrogen-bond donors (Lipinski definition) is 2. The van der Waals surface area contributed by atoms with Crippen molar-refractivity contribution in [2.24, 2.45) is 0 Å². The topological polar surface area (TPSA) is 49.7 Å². The minimum Gasteiger partial charge on any atom is -0.494 e. The Morgan fingerprint density at radius 2 is 1.78 bits per heavy atom. The van der Waals surface area contributed by atoms with Gasteiger partial charge in [-0.2, -0.15) is 0 Å². The van der Waals surface area contributed by atoms with Crippen LogP contribution in [0.25, 0.3) is 0 Å². The average molecular weight is 250 g/mol. The zero-order valence-electron chi connectivity index (χ0n) is 10.9. The first-order valence-electron chi connectivity index (χ1n) is 6.79. The molecule has 100 valence electrons. The van der Waals surface area contributed by atoms with E-state index in [2.05, 4.69) is 0 Å². The first-order valence-corrected chi connectivity index (χ1v) is 6.79. The van der Waals surface area contributed by atoms with Crippen molar-refractivity contribution >= 4 is 0 Å². The molecule has 0 amide bonds. The van der Waals surface area contributed by atoms with Gasteiger partial charge in [0.25, 0.3) is 0 Å². The Kier molecular flexibility index (Phi) is 4.25. The van der Waals surface area contributed by atoms with Gasteiger partial charge in [-0.25, -0.2) is 0 Å². The molecule has 0 bridgehead atoms. The van der Waals surface area contributed by atoms with Crippen LogP contribution in [0.3, 0.4) is 0 Å². The van der Waals surface area contributed by atoms with Crippen LogP contribution in [0.5, 0.6) is 5.75 Å². The maximum atomic E-state index is 10.5. The van der Waals surface area contributed by atoms with Crippen LogP contribution in [-0.2, 0) is 0 Å². The van der Waals surface area contributed by atoms with Crippen LogP contribution in [0.4, 0.5) is 0 Å². The second kappa shape index (κ2) is 5.72. The van der Waals surface area contributed by atoms with Crippen LogP contribution in [-0.4, -0.2) is 22.4 Å². The first kappa shape index (κ1) is 13.4. The minimum absolute atomic E-state index is 0.631. The lowest BCUT2D eigenvalue weighted by Gasteiger charge is -2.36. The Morgan fingerprint density at radius 3 is 2.33 bits per heavy atom. The van der Waals surface area contributed by atoms with E-state index in [4.69, 9.17) is 4.74 Å². The zero-order chi connectivity index (χ0) is 13.0. The summed E-state index contributed by atoms with van der Waals surface area (Å²) in [7, 11) is 0. The molecule has 2 rings (SSSR count). The second-order valence-corrected chi connectivity index (χ2v) is 5.07. The summed E-state index contributed by atoms with van der Waals surface area (Å²) in [5.41, 5.74) is -0.186. The first-order chi connectivity index (χ1) is 8.65. The fourth-order valence-electron chi connectivity index (χ4n) is 2.66. The Morgan fingerprint density at radius 1 is 1.17 bits per heavy atom. The van der Waals surface area contributed by atoms with E-state index in [1.54, 1.807) is 0 Å². The monoisotopic (exact) mass is 250 g/mol. The van der Waals surface area contributed by atoms with Gasteiger partial charge in [0.2, 0.25) is 0 Å². The van der Waals surface area contributed by atoms with Gasteiger partial charge in [0.1, 0.15) is 11.9 Å². The van der Waals surface area contributed by atoms with Crippen molar-refractivity contribution in [3.05, 3.63) is 29.8 Å². The highest BCUT2D eigenvalue weighted by Gasteiger charge is 2.37. The van der Waals surface area contributed by atoms with Crippen molar-refractivity contribution in [2.45, 2.75) is 50.7 Å². The van der Waals surface area contributed by atoms with E-state index < -0.39 is 11.7 Å². The Hall–Kier alpha value is -1.06. The third-order valence-corrected chi connectivity index (χ3v) is 3.74. The fraction of sp³-hybridized carbons (Fsp3) is 0.600. The zero-order valence-corrected chi connectivity index (χ0v) is 10.9. The van der Waals surface area contributed by atoms with E-state index in [0.29, 0.717) is 19.4 Å². The van der Waals surface area contributed by atoms with Crippen molar-refractivity contribution < 1.29 is 14.9 Å². The molecule has 0 aromatic heterocycles. The third kappa shape index (κ3) is 2.85. The van der Waals surface area contributed by atoms with E-state index in [1.165, 1.54) is 0 Å². The summed E-state index contributed by atoms with van der Waals surface area (Å²) >= 11 is 0. The van der Waals surface area contributed by atoms with Gasteiger partial charge in [-0.3, -0.25) is 0 Å². The lowest BCUT2D eigenvalue weighted by molar-refractivity contribution is -0.0991. The molecule has 0 radical (unpaired) electrons. The van der Waals surface area contributed by atoms with Crippen molar-refractivity contribution in [2.75, 3.05) is 6.61 Å². The van der Waals surface area contributed by atoms with E-state index in [-0.39, 0.29) is 0 Å². The molecule has 2 N–H and O–H groups in total. The predicted molar refractivity (Wildman–Crippen MR) is 70.6 cm³/mol. The largest absolute Gasteiger partial charge is 0.494 e. The molecule has 1 atom stereocenters. The number of hydrogen-bond acceptors (Lipinski definition) is 3. The van der Waals surface area contributed by atoms with Crippen LogP contribution < -0.4 is 4.74 Å². The second-order valence-electron chi connectivity index (χ2n) is 5.07. The smallest absolute Gasteiger partial charge is 0.119 e. The highest BCUT2D eigenvalue weighted by atomic mass is 16.5. The molecule has 1 aromatic rings. The lowest BCUT2D eigenvalue weighted by Crippen LogP contribution is -2.38. The van der Waals surface area contributed by atoms with Crippen LogP contribution in [0, 0.1) is 0 Å². The molecule has 1 saturated carbocycles. The maximum Gasteiger partial charge on any atom is 0.119 e. The van der Waals surface area contributed by atoms with Crippen LogP contribution in [0.15, 0.2) is 24.3 Å². The molecule has 0 aliphatic heterocycles. The Balaban J connectivity index is 2.09. The van der Waals surface area contributed by atoms with E-state index in [0.717, 1.165) is 30.6 Å². The van der Waals surface area contributed by atoms with Crippen LogP contribution >= 0.6 is 0 Å². The summed E-state index contributed by atoms with van der Waals surface area (Å²) in [4.78, 5) is 0. The van der Waals surface area contributed by atoms with Crippen molar-refractivity contribution in [1.29, 1.82) is 0 Å². The van der Waals surface area contributed by atoms with Gasteiger partial charge in [0.05, 0.1) is 12.2 Å². The number of rotatable bonds is 4. The lowest BCUT2D eigenvalue weighted by atomic mass is 9.78. The highest BCUT2D eigenvalue weighted by molar-refractivity contribution is 5.29. The molecule has 3 heteroatoms. The average Bonchev–Trinajstić information content (AvgIpc) is 2.40. The molecule has 0 spiro atoms. The number of aliphatic hydroxyl groups excluding tert-OH is 1. The van der Waals surface area contributed by atoms with Gasteiger partial charge in [0, 0.05) is 0 Å². The molecular formula is C15H22O3. The fourth-order valence-corrected chi connectivity index (χ4v) is 2.66. The number of ether oxygens (including phenoxy) is 1. The summed E-state index contributed by atoms with van der Waals surface area (Å²) in [6, 6.07) is 7.35. The van der Waals surface area contributed by atoms with Gasteiger partial charge < -0.3 is 14.9 Å². The molecule has 18 heavy (non-hydrogen) atoms. The van der Waals surface area contributed by atoms with Crippen molar-refractivity contribution in [1.82, 2.24) is 0 Å². The Bertz CT molecular complexity index is 366. The maximum absolute atomic E-state index is 10.5. The molecular weight excluding hydrogens is 228 g/mol. The van der Waals surface area contributed by atoms with Gasteiger partial charge in [-0.05, 0) is 37.5 Å². The predicted octanol–water partition coefficient (Wildman–Crippen LogP) is 2.81. The summed E-state index contributed by atoms with van der Waals surface area (Å²) < 4.78 is 5.37. The van der Waals surface area contributed by atoms with Crippen LogP contribution in [0.2, 0.25) is 0 Å². The standard InChI is InChI=1S/C15H22O3/c1-2-18-13-8-6-12(7-9-13)14(16)15(17)10-4-3-5-11-15/h6-9,14,16-17H,2-5,10-11H2,1H3. The van der Waals surface area contributed by atoms with Crippen molar-refractivity contribution in [3.63, 3.8) is 0 Å². The third-order valence-electron chi connectivity index (χ3n) is 3.74. The quantitative estimate of drug-likeness (QED) is 0.864. The molecule has 1 unspecified atom stereocenters. The van der Waals surface area contributed by atoms with Gasteiger partial charge in [0.15, 0.2) is 0 Å². The minimum atomic E-state index is -0.953. The van der Waals surface area contributed by atoms with Gasteiger partial charge >= 0.3 is 0 Å². The molecule has 1 aromatic carbocycles. The van der Waals surface area contributed by atoms with Gasteiger partial charge in [-0.1, -0.05) is 31.4 Å². The molecule has 0 heterocycles. The van der Waals surface area contributed by atoms with E-state index >= 15 is 0 Å². The highest BCUT2D eigenvalue weighted by Crippen LogP contribution is 2.38. The number of aliphatic hydroxyl groups is 2. The van der Waals surface area contributed by atoms with Crippen LogP contribution in [0.1, 0.15) is 50.7 Å². The molecule has 1 aliphatic rings. The molecule has 3 nitrogen and oxygen atoms in total. The summed E-state index contributed by atoms with van der Waals surface area (Å²) in [6.45, 7) is 2.57. The summed E-state index contributed by atoms with van der Waals surface area (Å²) in [5.74, 6) is 0.795. The van der Waals surface area contributed by atoms with E-state index in [9.17, 15) is 10.2 Å². The number of benzene rings is 1. The summed E-state index contributed by atoms with van der Waals surface area (Å²) in [5, 5.41) is 20.8. The van der Waals surface area contributed by atoms with Gasteiger partial charge in [-0.15, -0.1) is 0 Å². The summed E-state index contributed by atoms with van der Waals surface area (Å²) in [6.07, 6.45) is 3.70.